The number of likely N-dealkylation sites (tertiary alicyclic amines) is 1. The summed E-state index contributed by atoms with van der Waals surface area (Å²) in [4.78, 5) is 14.4. The van der Waals surface area contributed by atoms with Crippen LogP contribution in [0.2, 0.25) is 5.02 Å². The topological polar surface area (TPSA) is 44.4 Å². The monoisotopic (exact) mass is 309 g/mol. The van der Waals surface area contributed by atoms with Crippen LogP contribution in [-0.4, -0.2) is 43.0 Å². The van der Waals surface area contributed by atoms with Crippen LogP contribution >= 0.6 is 11.6 Å². The van der Waals surface area contributed by atoms with Gasteiger partial charge >= 0.3 is 0 Å². The molecule has 1 aliphatic heterocycles. The van der Waals surface area contributed by atoms with Crippen molar-refractivity contribution in [1.82, 2.24) is 10.2 Å². The first-order valence-electron chi connectivity index (χ1n) is 7.45. The van der Waals surface area contributed by atoms with E-state index < -0.39 is 0 Å². The highest BCUT2D eigenvalue weighted by Gasteiger charge is 2.22. The molecule has 1 aromatic carbocycles. The number of rotatable bonds is 4. The highest BCUT2D eigenvalue weighted by Crippen LogP contribution is 2.20. The van der Waals surface area contributed by atoms with E-state index in [0.29, 0.717) is 23.7 Å². The largest absolute Gasteiger partial charge is 0.325 e. The molecule has 4 nitrogen and oxygen atoms in total. The molecule has 1 heterocycles. The van der Waals surface area contributed by atoms with E-state index in [-0.39, 0.29) is 5.91 Å². The molecule has 0 saturated carbocycles. The number of benzene rings is 1. The summed E-state index contributed by atoms with van der Waals surface area (Å²) in [6.45, 7) is 5.60. The molecule has 0 spiro atoms. The number of piperidine rings is 1. The van der Waals surface area contributed by atoms with Crippen LogP contribution < -0.4 is 10.6 Å². The molecule has 0 aliphatic carbocycles. The van der Waals surface area contributed by atoms with E-state index in [9.17, 15) is 4.79 Å². The molecule has 2 N–H and O–H groups in total. The van der Waals surface area contributed by atoms with Crippen LogP contribution in [0.5, 0.6) is 0 Å². The Bertz CT molecular complexity index is 506. The smallest absolute Gasteiger partial charge is 0.238 e. The van der Waals surface area contributed by atoms with E-state index >= 15 is 0 Å². The normalized spacial score (nSPS) is 23.0. The first-order chi connectivity index (χ1) is 9.95. The number of carbonyl (C=O) groups excluding carboxylic acids is 1. The second-order valence-corrected chi connectivity index (χ2v) is 6.38. The van der Waals surface area contributed by atoms with Crippen molar-refractivity contribution in [1.29, 1.82) is 0 Å². The predicted molar refractivity (Wildman–Crippen MR) is 87.9 cm³/mol. The van der Waals surface area contributed by atoms with Gasteiger partial charge in [0.15, 0.2) is 0 Å². The molecular formula is C16H24ClN3O. The number of hydrogen-bond acceptors (Lipinski definition) is 3. The second-order valence-electron chi connectivity index (χ2n) is 5.94. The van der Waals surface area contributed by atoms with E-state index in [2.05, 4.69) is 29.5 Å². The number of carbonyl (C=O) groups is 1. The predicted octanol–water partition coefficient (Wildman–Crippen LogP) is 2.66. The molecule has 2 rings (SSSR count). The number of nitrogens with one attached hydrogen (secondary N) is 2. The molecule has 1 saturated heterocycles. The van der Waals surface area contributed by atoms with Gasteiger partial charge in [0.1, 0.15) is 0 Å². The van der Waals surface area contributed by atoms with Crippen LogP contribution in [0.25, 0.3) is 0 Å². The number of hydrogen-bond donors (Lipinski definition) is 2. The van der Waals surface area contributed by atoms with Gasteiger partial charge in [-0.05, 0) is 58.0 Å². The minimum absolute atomic E-state index is 0.0213. The molecule has 2 atom stereocenters. The maximum absolute atomic E-state index is 12.0. The lowest BCUT2D eigenvalue weighted by molar-refractivity contribution is -0.115. The molecule has 0 radical (unpaired) electrons. The summed E-state index contributed by atoms with van der Waals surface area (Å²) in [6.07, 6.45) is 2.17. The van der Waals surface area contributed by atoms with Crippen LogP contribution in [0.4, 0.5) is 5.69 Å². The third kappa shape index (κ3) is 4.70. The first-order valence-corrected chi connectivity index (χ1v) is 7.83. The van der Waals surface area contributed by atoms with Gasteiger partial charge in [0, 0.05) is 22.8 Å². The lowest BCUT2D eigenvalue weighted by Gasteiger charge is -2.35. The third-order valence-corrected chi connectivity index (χ3v) is 4.47. The van der Waals surface area contributed by atoms with Gasteiger partial charge in [-0.2, -0.15) is 0 Å². The maximum atomic E-state index is 12.0. The summed E-state index contributed by atoms with van der Waals surface area (Å²) < 4.78 is 0. The molecular weight excluding hydrogens is 286 g/mol. The summed E-state index contributed by atoms with van der Waals surface area (Å²) in [5, 5.41) is 6.90. The van der Waals surface area contributed by atoms with Crippen molar-refractivity contribution in [2.24, 2.45) is 0 Å². The molecule has 116 valence electrons. The van der Waals surface area contributed by atoms with Crippen molar-refractivity contribution < 1.29 is 4.79 Å². The van der Waals surface area contributed by atoms with Crippen LogP contribution in [0.1, 0.15) is 25.3 Å². The van der Waals surface area contributed by atoms with Crippen molar-refractivity contribution >= 4 is 23.2 Å². The van der Waals surface area contributed by atoms with Crippen molar-refractivity contribution in [3.63, 3.8) is 0 Å². The first kappa shape index (κ1) is 16.3. The van der Waals surface area contributed by atoms with E-state index in [1.807, 2.05) is 19.1 Å². The van der Waals surface area contributed by atoms with Gasteiger partial charge in [-0.1, -0.05) is 17.7 Å². The summed E-state index contributed by atoms with van der Waals surface area (Å²) >= 11 is 5.96. The average Bonchev–Trinajstić information content (AvgIpc) is 2.44. The zero-order valence-electron chi connectivity index (χ0n) is 12.9. The molecule has 1 aromatic rings. The van der Waals surface area contributed by atoms with Crippen LogP contribution in [-0.2, 0) is 4.79 Å². The Balaban J connectivity index is 1.81. The highest BCUT2D eigenvalue weighted by molar-refractivity contribution is 6.31. The van der Waals surface area contributed by atoms with E-state index in [1.165, 1.54) is 0 Å². The summed E-state index contributed by atoms with van der Waals surface area (Å²) in [5.41, 5.74) is 1.80. The molecule has 21 heavy (non-hydrogen) atoms. The Hall–Kier alpha value is -1.10. The zero-order chi connectivity index (χ0) is 15.4. The zero-order valence-corrected chi connectivity index (χ0v) is 13.7. The van der Waals surface area contributed by atoms with E-state index in [4.69, 9.17) is 11.6 Å². The number of amides is 1. The summed E-state index contributed by atoms with van der Waals surface area (Å²) in [5.74, 6) is -0.0213. The van der Waals surface area contributed by atoms with Gasteiger partial charge in [0.2, 0.25) is 5.91 Å². The van der Waals surface area contributed by atoms with Gasteiger partial charge in [-0.15, -0.1) is 0 Å². The minimum Gasteiger partial charge on any atom is -0.325 e. The Morgan fingerprint density at radius 3 is 2.95 bits per heavy atom. The van der Waals surface area contributed by atoms with Crippen molar-refractivity contribution in [3.8, 4) is 0 Å². The lowest BCUT2D eigenvalue weighted by Crippen LogP contribution is -2.47. The fraction of sp³-hybridized carbons (Fsp3) is 0.562. The minimum atomic E-state index is -0.0213. The quantitative estimate of drug-likeness (QED) is 0.899. The van der Waals surface area contributed by atoms with Crippen molar-refractivity contribution in [2.45, 2.75) is 38.8 Å². The standard InChI is InChI=1S/C16H24ClN3O/c1-11-4-5-13(17)9-15(11)19-16(21)10-18-14-6-7-20(3)12(2)8-14/h4-5,9,12,14,18H,6-8,10H2,1-3H3,(H,19,21). The van der Waals surface area contributed by atoms with Gasteiger partial charge in [0.25, 0.3) is 0 Å². The van der Waals surface area contributed by atoms with E-state index in [0.717, 1.165) is 30.6 Å². The Morgan fingerprint density at radius 1 is 1.48 bits per heavy atom. The Morgan fingerprint density at radius 2 is 2.24 bits per heavy atom. The fourth-order valence-corrected chi connectivity index (χ4v) is 2.81. The SMILES string of the molecule is Cc1ccc(Cl)cc1NC(=O)CNC1CCN(C)C(C)C1. The Labute approximate surface area is 131 Å². The number of anilines is 1. The highest BCUT2D eigenvalue weighted by atomic mass is 35.5. The van der Waals surface area contributed by atoms with Gasteiger partial charge in [-0.25, -0.2) is 0 Å². The molecule has 5 heteroatoms. The van der Waals surface area contributed by atoms with Crippen LogP contribution in [0, 0.1) is 6.92 Å². The molecule has 1 aliphatic rings. The number of aryl methyl sites for hydroxylation is 1. The van der Waals surface area contributed by atoms with Crippen LogP contribution in [0.3, 0.4) is 0 Å². The van der Waals surface area contributed by atoms with Gasteiger partial charge < -0.3 is 15.5 Å². The molecule has 2 unspecified atom stereocenters. The Kier molecular flexibility index (Phi) is 5.62. The molecule has 1 amide bonds. The fourth-order valence-electron chi connectivity index (χ4n) is 2.64. The number of halogens is 1. The number of nitrogens with zero attached hydrogens (tertiary/aromatic N) is 1. The summed E-state index contributed by atoms with van der Waals surface area (Å²) in [7, 11) is 2.15. The molecule has 1 fully saturated rings. The van der Waals surface area contributed by atoms with E-state index in [1.54, 1.807) is 6.07 Å². The average molecular weight is 310 g/mol. The van der Waals surface area contributed by atoms with Gasteiger partial charge in [-0.3, -0.25) is 4.79 Å². The van der Waals surface area contributed by atoms with Gasteiger partial charge in [0.05, 0.1) is 6.54 Å². The van der Waals surface area contributed by atoms with Crippen molar-refractivity contribution in [3.05, 3.63) is 28.8 Å². The van der Waals surface area contributed by atoms with Crippen LogP contribution in [0.15, 0.2) is 18.2 Å². The lowest BCUT2D eigenvalue weighted by atomic mass is 9.99. The summed E-state index contributed by atoms with van der Waals surface area (Å²) in [6, 6.07) is 6.50. The molecule has 0 bridgehead atoms. The second kappa shape index (κ2) is 7.25. The third-order valence-electron chi connectivity index (χ3n) is 4.23. The maximum Gasteiger partial charge on any atom is 0.238 e. The molecule has 0 aromatic heterocycles. The van der Waals surface area contributed by atoms with Crippen molar-refractivity contribution in [2.75, 3.05) is 25.5 Å².